The molecule has 1 aliphatic heterocycles. The van der Waals surface area contributed by atoms with Crippen LogP contribution >= 0.6 is 0 Å². The Bertz CT molecular complexity index is 287. The average molecular weight is 199 g/mol. The van der Waals surface area contributed by atoms with Crippen LogP contribution in [0.15, 0.2) is 24.5 Å². The van der Waals surface area contributed by atoms with Crippen molar-refractivity contribution in [3.05, 3.63) is 24.5 Å². The molecule has 0 aliphatic carbocycles. The van der Waals surface area contributed by atoms with Crippen molar-refractivity contribution in [2.24, 2.45) is 0 Å². The van der Waals surface area contributed by atoms with Crippen LogP contribution in [0.3, 0.4) is 0 Å². The third-order valence-electron chi connectivity index (χ3n) is 2.44. The molecule has 5 heteroatoms. The lowest BCUT2D eigenvalue weighted by Crippen LogP contribution is -2.33. The molecule has 1 fully saturated rings. The second kappa shape index (κ2) is 3.70. The van der Waals surface area contributed by atoms with E-state index in [9.17, 15) is 10.2 Å². The van der Waals surface area contributed by atoms with Crippen LogP contribution in [0.25, 0.3) is 0 Å². The highest BCUT2D eigenvalue weighted by molar-refractivity contribution is 4.97. The van der Waals surface area contributed by atoms with Crippen molar-refractivity contribution < 1.29 is 20.1 Å². The highest BCUT2D eigenvalue weighted by atomic mass is 16.6. The zero-order valence-electron chi connectivity index (χ0n) is 7.52. The summed E-state index contributed by atoms with van der Waals surface area (Å²) in [5.74, 6) is 0. The van der Waals surface area contributed by atoms with Gasteiger partial charge in [0.05, 0.1) is 6.61 Å². The minimum Gasteiger partial charge on any atom is -0.394 e. The van der Waals surface area contributed by atoms with Crippen LogP contribution in [0.5, 0.6) is 0 Å². The molecule has 0 spiro atoms. The lowest BCUT2D eigenvalue weighted by molar-refractivity contribution is -0.0525. The van der Waals surface area contributed by atoms with Crippen LogP contribution in [-0.2, 0) is 4.74 Å². The normalized spacial score (nSPS) is 37.6. The number of nitrogens with zero attached hydrogens (tertiary/aromatic N) is 1. The highest BCUT2D eigenvalue weighted by Crippen LogP contribution is 2.28. The van der Waals surface area contributed by atoms with E-state index in [-0.39, 0.29) is 6.61 Å². The molecule has 1 aromatic rings. The molecule has 1 saturated heterocycles. The Labute approximate surface area is 81.2 Å². The van der Waals surface area contributed by atoms with Crippen molar-refractivity contribution in [3.63, 3.8) is 0 Å². The van der Waals surface area contributed by atoms with Gasteiger partial charge in [0, 0.05) is 12.4 Å². The fraction of sp³-hybridized carbons (Fsp3) is 0.556. The minimum atomic E-state index is -1.03. The lowest BCUT2D eigenvalue weighted by Gasteiger charge is -2.15. The predicted octanol–water partition coefficient (Wildman–Crippen LogP) is -0.900. The summed E-state index contributed by atoms with van der Waals surface area (Å²) < 4.78 is 6.95. The Hall–Kier alpha value is -0.880. The number of hydrogen-bond donors (Lipinski definition) is 3. The standard InChI is InChI=1S/C9H13NO4/c11-5-6-7(12)8(13)9(14-6)10-3-1-2-4-10/h1-4,6-9,11-13H,5H2/t6-,7-,8-,9-/m1/s1. The summed E-state index contributed by atoms with van der Waals surface area (Å²) in [4.78, 5) is 0. The molecule has 4 atom stereocenters. The van der Waals surface area contributed by atoms with Crippen LogP contribution in [0.1, 0.15) is 6.23 Å². The molecular formula is C9H13NO4. The first-order chi connectivity index (χ1) is 6.74. The second-order valence-electron chi connectivity index (χ2n) is 3.36. The van der Waals surface area contributed by atoms with Crippen molar-refractivity contribution >= 4 is 0 Å². The number of rotatable bonds is 2. The summed E-state index contributed by atoms with van der Waals surface area (Å²) in [6, 6.07) is 3.60. The molecule has 3 N–H and O–H groups in total. The maximum atomic E-state index is 9.62. The average Bonchev–Trinajstić information content (AvgIpc) is 2.78. The van der Waals surface area contributed by atoms with Crippen LogP contribution in [-0.4, -0.2) is 44.8 Å². The third-order valence-corrected chi connectivity index (χ3v) is 2.44. The number of aliphatic hydroxyl groups is 3. The Morgan fingerprint density at radius 2 is 1.79 bits per heavy atom. The van der Waals surface area contributed by atoms with E-state index in [1.165, 1.54) is 0 Å². The van der Waals surface area contributed by atoms with Gasteiger partial charge >= 0.3 is 0 Å². The molecule has 0 unspecified atom stereocenters. The van der Waals surface area contributed by atoms with Crippen LogP contribution < -0.4 is 0 Å². The van der Waals surface area contributed by atoms with E-state index in [1.807, 2.05) is 0 Å². The van der Waals surface area contributed by atoms with Crippen LogP contribution in [0.4, 0.5) is 0 Å². The number of aliphatic hydroxyl groups excluding tert-OH is 3. The zero-order valence-corrected chi connectivity index (χ0v) is 7.52. The predicted molar refractivity (Wildman–Crippen MR) is 47.4 cm³/mol. The SMILES string of the molecule is OC[C@H]1O[C@@H](n2cccc2)[C@H](O)[C@@H]1O. The van der Waals surface area contributed by atoms with E-state index in [4.69, 9.17) is 9.84 Å². The fourth-order valence-corrected chi connectivity index (χ4v) is 1.64. The maximum absolute atomic E-state index is 9.62. The summed E-state index contributed by atoms with van der Waals surface area (Å²) in [6.45, 7) is -0.296. The lowest BCUT2D eigenvalue weighted by atomic mass is 10.1. The molecule has 1 aliphatic rings. The van der Waals surface area contributed by atoms with Gasteiger partial charge in [-0.25, -0.2) is 0 Å². The first-order valence-electron chi connectivity index (χ1n) is 4.49. The van der Waals surface area contributed by atoms with E-state index in [0.717, 1.165) is 0 Å². The largest absolute Gasteiger partial charge is 0.394 e. The van der Waals surface area contributed by atoms with Gasteiger partial charge in [-0.05, 0) is 12.1 Å². The fourth-order valence-electron chi connectivity index (χ4n) is 1.64. The Kier molecular flexibility index (Phi) is 2.56. The molecule has 0 radical (unpaired) electrons. The van der Waals surface area contributed by atoms with E-state index in [2.05, 4.69) is 0 Å². The van der Waals surface area contributed by atoms with Gasteiger partial charge in [-0.1, -0.05) is 0 Å². The Morgan fingerprint density at radius 3 is 2.29 bits per heavy atom. The van der Waals surface area contributed by atoms with Crippen LogP contribution in [0.2, 0.25) is 0 Å². The summed E-state index contributed by atoms with van der Waals surface area (Å²) in [5, 5.41) is 28.0. The summed E-state index contributed by atoms with van der Waals surface area (Å²) in [7, 11) is 0. The molecule has 2 heterocycles. The summed E-state index contributed by atoms with van der Waals surface area (Å²) >= 11 is 0. The quantitative estimate of drug-likeness (QED) is 0.577. The number of hydrogen-bond acceptors (Lipinski definition) is 4. The smallest absolute Gasteiger partial charge is 0.162 e. The molecule has 0 saturated carbocycles. The Balaban J connectivity index is 2.16. The van der Waals surface area contributed by atoms with Crippen LogP contribution in [0, 0.1) is 0 Å². The summed E-state index contributed by atoms with van der Waals surface area (Å²) in [5.41, 5.74) is 0. The maximum Gasteiger partial charge on any atom is 0.162 e. The molecular weight excluding hydrogens is 186 g/mol. The van der Waals surface area contributed by atoms with Gasteiger partial charge in [-0.2, -0.15) is 0 Å². The van der Waals surface area contributed by atoms with Gasteiger partial charge in [-0.3, -0.25) is 0 Å². The molecule has 1 aromatic heterocycles. The van der Waals surface area contributed by atoms with Gasteiger partial charge < -0.3 is 24.6 Å². The van der Waals surface area contributed by atoms with Gasteiger partial charge in [0.25, 0.3) is 0 Å². The first kappa shape index (κ1) is 9.67. The van der Waals surface area contributed by atoms with Gasteiger partial charge in [-0.15, -0.1) is 0 Å². The molecule has 2 rings (SSSR count). The van der Waals surface area contributed by atoms with E-state index in [1.54, 1.807) is 29.1 Å². The highest BCUT2D eigenvalue weighted by Gasteiger charge is 2.42. The van der Waals surface area contributed by atoms with Gasteiger partial charge in [0.1, 0.15) is 18.3 Å². The number of ether oxygens (including phenoxy) is 1. The van der Waals surface area contributed by atoms with Crippen molar-refractivity contribution in [3.8, 4) is 0 Å². The Morgan fingerprint density at radius 1 is 1.14 bits per heavy atom. The third kappa shape index (κ3) is 1.44. The first-order valence-corrected chi connectivity index (χ1v) is 4.49. The zero-order chi connectivity index (χ0) is 10.1. The monoisotopic (exact) mass is 199 g/mol. The van der Waals surface area contributed by atoms with Crippen molar-refractivity contribution in [1.29, 1.82) is 0 Å². The van der Waals surface area contributed by atoms with Crippen molar-refractivity contribution in [2.45, 2.75) is 24.5 Å². The molecule has 5 nitrogen and oxygen atoms in total. The topological polar surface area (TPSA) is 74.9 Å². The van der Waals surface area contributed by atoms with Gasteiger partial charge in [0.15, 0.2) is 6.23 Å². The van der Waals surface area contributed by atoms with Gasteiger partial charge in [0.2, 0.25) is 0 Å². The van der Waals surface area contributed by atoms with E-state index >= 15 is 0 Å². The number of aromatic nitrogens is 1. The minimum absolute atomic E-state index is 0.296. The van der Waals surface area contributed by atoms with E-state index < -0.39 is 24.5 Å². The molecule has 78 valence electrons. The van der Waals surface area contributed by atoms with Crippen molar-refractivity contribution in [2.75, 3.05) is 6.61 Å². The van der Waals surface area contributed by atoms with E-state index in [0.29, 0.717) is 0 Å². The molecule has 0 bridgehead atoms. The molecule has 0 amide bonds. The second-order valence-corrected chi connectivity index (χ2v) is 3.36. The molecule has 0 aromatic carbocycles. The summed E-state index contributed by atoms with van der Waals surface area (Å²) in [6.07, 6.45) is 0.113. The molecule has 14 heavy (non-hydrogen) atoms. The van der Waals surface area contributed by atoms with Crippen molar-refractivity contribution in [1.82, 2.24) is 4.57 Å².